The molecule has 14 heteroatoms. The van der Waals surface area contributed by atoms with Crippen molar-refractivity contribution < 1.29 is 18.0 Å². The summed E-state index contributed by atoms with van der Waals surface area (Å²) in [5.74, 6) is 0.118. The van der Waals surface area contributed by atoms with Gasteiger partial charge in [0, 0.05) is 25.2 Å². The number of hydrogen-bond acceptors (Lipinski definition) is 5. The number of anilines is 2. The molecule has 0 unspecified atom stereocenters. The summed E-state index contributed by atoms with van der Waals surface area (Å²) in [7, 11) is 0. The maximum Gasteiger partial charge on any atom is 0.405 e. The van der Waals surface area contributed by atoms with E-state index in [1.165, 1.54) is 18.3 Å². The smallest absolute Gasteiger partial charge is 0.312 e. The average Bonchev–Trinajstić information content (AvgIpc) is 3.32. The highest BCUT2D eigenvalue weighted by molar-refractivity contribution is 6.30. The van der Waals surface area contributed by atoms with Gasteiger partial charge in [0.25, 0.3) is 0 Å². The standard InChI is InChI=1S/C18H15Cl2F3N8O/c1-2-17(18(21,22)23)8-29(10-7-25-14-3-11(19)27-31(14)15(10)17)16(32)26-13-4-12(20)30(28-13)9-5-24-6-9/h2-4,7,9,24H,1,5-6,8H2,(H,26,28,32)/t17-/m1/s1. The number of urea groups is 1. The SMILES string of the molecule is C=C[C@@]1(C(F)(F)F)CN(C(=O)Nc2cc(Cl)n(C3CNC3)n2)c2cnc3cc(Cl)nn3c21. The summed E-state index contributed by atoms with van der Waals surface area (Å²) in [6, 6.07) is 1.99. The van der Waals surface area contributed by atoms with Gasteiger partial charge in [-0.15, -0.1) is 6.58 Å². The number of rotatable bonds is 3. The van der Waals surface area contributed by atoms with E-state index >= 15 is 0 Å². The minimum atomic E-state index is -4.77. The van der Waals surface area contributed by atoms with E-state index in [2.05, 4.69) is 32.4 Å². The van der Waals surface area contributed by atoms with Gasteiger partial charge in [0.15, 0.2) is 16.6 Å². The molecule has 1 atom stereocenters. The molecule has 0 spiro atoms. The highest BCUT2D eigenvalue weighted by atomic mass is 35.5. The molecule has 1 fully saturated rings. The first-order valence-electron chi connectivity index (χ1n) is 9.44. The fourth-order valence-electron chi connectivity index (χ4n) is 3.92. The topological polar surface area (TPSA) is 92.4 Å². The van der Waals surface area contributed by atoms with Crippen LogP contribution in [-0.4, -0.2) is 56.2 Å². The molecule has 3 aromatic rings. The number of halogens is 5. The predicted molar refractivity (Wildman–Crippen MR) is 111 cm³/mol. The average molecular weight is 487 g/mol. The Morgan fingerprint density at radius 1 is 1.31 bits per heavy atom. The van der Waals surface area contributed by atoms with Crippen LogP contribution in [0.15, 0.2) is 31.0 Å². The number of amides is 2. The van der Waals surface area contributed by atoms with Crippen LogP contribution in [-0.2, 0) is 5.41 Å². The lowest BCUT2D eigenvalue weighted by Crippen LogP contribution is -2.47. The van der Waals surface area contributed by atoms with Crippen LogP contribution in [0.3, 0.4) is 0 Å². The molecule has 0 radical (unpaired) electrons. The van der Waals surface area contributed by atoms with Crippen LogP contribution >= 0.6 is 23.2 Å². The third kappa shape index (κ3) is 2.97. The van der Waals surface area contributed by atoms with Gasteiger partial charge in [0.1, 0.15) is 10.6 Å². The zero-order chi connectivity index (χ0) is 22.8. The van der Waals surface area contributed by atoms with Crippen LogP contribution < -0.4 is 15.5 Å². The van der Waals surface area contributed by atoms with Crippen LogP contribution in [0.2, 0.25) is 10.3 Å². The third-order valence-electron chi connectivity index (χ3n) is 5.69. The van der Waals surface area contributed by atoms with Gasteiger partial charge in [-0.25, -0.2) is 19.0 Å². The molecule has 3 aromatic heterocycles. The molecule has 2 aliphatic rings. The first kappa shape index (κ1) is 21.0. The number of nitrogens with one attached hydrogen (secondary N) is 2. The number of aromatic nitrogens is 5. The molecule has 0 saturated carbocycles. The van der Waals surface area contributed by atoms with Gasteiger partial charge >= 0.3 is 12.2 Å². The van der Waals surface area contributed by atoms with E-state index in [1.54, 1.807) is 4.68 Å². The van der Waals surface area contributed by atoms with Crippen molar-refractivity contribution in [3.63, 3.8) is 0 Å². The van der Waals surface area contributed by atoms with Crippen molar-refractivity contribution in [3.8, 4) is 0 Å². The molecular weight excluding hydrogens is 472 g/mol. The van der Waals surface area contributed by atoms with Crippen LogP contribution in [0.5, 0.6) is 0 Å². The van der Waals surface area contributed by atoms with Crippen molar-refractivity contribution >= 4 is 46.4 Å². The summed E-state index contributed by atoms with van der Waals surface area (Å²) in [4.78, 5) is 18.1. The molecule has 5 heterocycles. The molecule has 0 aromatic carbocycles. The van der Waals surface area contributed by atoms with Crippen LogP contribution in [0.4, 0.5) is 29.5 Å². The lowest BCUT2D eigenvalue weighted by Gasteiger charge is -2.29. The summed E-state index contributed by atoms with van der Waals surface area (Å²) in [6.45, 7) is 4.01. The molecule has 5 rings (SSSR count). The van der Waals surface area contributed by atoms with Crippen molar-refractivity contribution in [1.29, 1.82) is 0 Å². The summed E-state index contributed by atoms with van der Waals surface area (Å²) >= 11 is 12.1. The molecule has 0 bridgehead atoms. The van der Waals surface area contributed by atoms with E-state index in [-0.39, 0.29) is 34.0 Å². The number of carbonyl (C=O) groups is 1. The van der Waals surface area contributed by atoms with E-state index < -0.39 is 24.2 Å². The van der Waals surface area contributed by atoms with E-state index in [4.69, 9.17) is 23.2 Å². The molecule has 32 heavy (non-hydrogen) atoms. The largest absolute Gasteiger partial charge is 0.405 e. The first-order valence-corrected chi connectivity index (χ1v) is 10.2. The van der Waals surface area contributed by atoms with Crippen molar-refractivity contribution in [2.45, 2.75) is 17.6 Å². The Morgan fingerprint density at radius 2 is 2.06 bits per heavy atom. The van der Waals surface area contributed by atoms with Crippen molar-refractivity contribution in [2.24, 2.45) is 0 Å². The van der Waals surface area contributed by atoms with Crippen LogP contribution in [0.25, 0.3) is 5.65 Å². The Morgan fingerprint density at radius 3 is 2.69 bits per heavy atom. The van der Waals surface area contributed by atoms with Gasteiger partial charge in [-0.1, -0.05) is 29.3 Å². The van der Waals surface area contributed by atoms with Crippen molar-refractivity contribution in [2.75, 3.05) is 29.9 Å². The predicted octanol–water partition coefficient (Wildman–Crippen LogP) is 3.42. The quantitative estimate of drug-likeness (QED) is 0.553. The maximum absolute atomic E-state index is 14.3. The number of nitrogens with zero attached hydrogens (tertiary/aromatic N) is 6. The van der Waals surface area contributed by atoms with Gasteiger partial charge in [-0.3, -0.25) is 10.2 Å². The number of hydrogen-bond donors (Lipinski definition) is 2. The van der Waals surface area contributed by atoms with Gasteiger partial charge in [-0.05, 0) is 0 Å². The fraction of sp³-hybridized carbons (Fsp3) is 0.333. The Bertz CT molecular complexity index is 1250. The summed E-state index contributed by atoms with van der Waals surface area (Å²) in [5.41, 5.74) is -2.83. The first-order chi connectivity index (χ1) is 15.1. The fourth-order valence-corrected chi connectivity index (χ4v) is 4.37. The van der Waals surface area contributed by atoms with Gasteiger partial charge in [-0.2, -0.15) is 23.4 Å². The Labute approximate surface area is 188 Å². The Hall–Kier alpha value is -2.83. The van der Waals surface area contributed by atoms with Gasteiger partial charge < -0.3 is 5.32 Å². The molecular formula is C18H15Cl2F3N8O. The molecule has 2 aliphatic heterocycles. The number of carbonyl (C=O) groups excluding carboxylic acids is 1. The normalized spacial score (nSPS) is 21.0. The lowest BCUT2D eigenvalue weighted by molar-refractivity contribution is -0.172. The van der Waals surface area contributed by atoms with E-state index in [9.17, 15) is 18.0 Å². The van der Waals surface area contributed by atoms with Crippen molar-refractivity contribution in [3.05, 3.63) is 47.0 Å². The lowest BCUT2D eigenvalue weighted by atomic mass is 9.85. The second-order valence-electron chi connectivity index (χ2n) is 7.53. The highest BCUT2D eigenvalue weighted by Gasteiger charge is 2.62. The summed E-state index contributed by atoms with van der Waals surface area (Å²) in [6.07, 6.45) is -2.82. The maximum atomic E-state index is 14.3. The number of alkyl halides is 3. The molecule has 0 aliphatic carbocycles. The Balaban J connectivity index is 1.55. The highest BCUT2D eigenvalue weighted by Crippen LogP contribution is 2.51. The van der Waals surface area contributed by atoms with Gasteiger partial charge in [0.05, 0.1) is 30.2 Å². The molecule has 2 amide bonds. The zero-order valence-electron chi connectivity index (χ0n) is 16.2. The summed E-state index contributed by atoms with van der Waals surface area (Å²) < 4.78 is 45.5. The molecule has 9 nitrogen and oxygen atoms in total. The monoisotopic (exact) mass is 486 g/mol. The molecule has 1 saturated heterocycles. The van der Waals surface area contributed by atoms with E-state index in [0.29, 0.717) is 18.2 Å². The zero-order valence-corrected chi connectivity index (χ0v) is 17.7. The summed E-state index contributed by atoms with van der Waals surface area (Å²) in [5, 5.41) is 14.1. The second kappa shape index (κ2) is 7.09. The van der Waals surface area contributed by atoms with E-state index in [0.717, 1.165) is 15.5 Å². The molecule has 2 N–H and O–H groups in total. The van der Waals surface area contributed by atoms with Crippen LogP contribution in [0.1, 0.15) is 11.7 Å². The van der Waals surface area contributed by atoms with Crippen molar-refractivity contribution in [1.82, 2.24) is 29.7 Å². The Kier molecular flexibility index (Phi) is 4.66. The second-order valence-corrected chi connectivity index (χ2v) is 8.30. The molecule has 168 valence electrons. The van der Waals surface area contributed by atoms with E-state index in [1.807, 2.05) is 0 Å². The minimum Gasteiger partial charge on any atom is -0.312 e. The number of fused-ring (bicyclic) bond motifs is 3. The van der Waals surface area contributed by atoms with Crippen LogP contribution in [0, 0.1) is 0 Å². The third-order valence-corrected chi connectivity index (χ3v) is 6.15. The van der Waals surface area contributed by atoms with Gasteiger partial charge in [0.2, 0.25) is 0 Å². The minimum absolute atomic E-state index is 0.0281.